The minimum atomic E-state index is -0.366. The monoisotopic (exact) mass is 356 g/mol. The van der Waals surface area contributed by atoms with E-state index in [0.29, 0.717) is 38.5 Å². The van der Waals surface area contributed by atoms with Crippen molar-refractivity contribution in [3.63, 3.8) is 0 Å². The zero-order valence-corrected chi connectivity index (χ0v) is 14.9. The van der Waals surface area contributed by atoms with E-state index in [4.69, 9.17) is 14.7 Å². The largest absolute Gasteiger partial charge is 0.369 e. The summed E-state index contributed by atoms with van der Waals surface area (Å²) in [5.74, 6) is 0.904. The average molecular weight is 356 g/mol. The highest BCUT2D eigenvalue weighted by Crippen LogP contribution is 2.32. The molecule has 1 spiro atoms. The van der Waals surface area contributed by atoms with Gasteiger partial charge < -0.3 is 19.3 Å². The van der Waals surface area contributed by atoms with Crippen LogP contribution in [0, 0.1) is 11.3 Å². The number of piperidine rings is 1. The van der Waals surface area contributed by atoms with E-state index in [0.717, 1.165) is 38.0 Å². The molecule has 3 aliphatic rings. The molecule has 1 aromatic heterocycles. The number of ether oxygens (including phenoxy) is 2. The van der Waals surface area contributed by atoms with Crippen LogP contribution in [0.1, 0.15) is 31.4 Å². The van der Waals surface area contributed by atoms with Crippen LogP contribution in [0.3, 0.4) is 0 Å². The quantitative estimate of drug-likeness (QED) is 0.795. The van der Waals surface area contributed by atoms with Gasteiger partial charge >= 0.3 is 0 Å². The molecule has 1 aromatic rings. The molecule has 0 saturated carbocycles. The normalized spacial score (nSPS) is 29.0. The first-order valence-electron chi connectivity index (χ1n) is 9.36. The maximum atomic E-state index is 12.7. The maximum absolute atomic E-state index is 12.7. The van der Waals surface area contributed by atoms with Crippen molar-refractivity contribution < 1.29 is 14.3 Å². The minimum absolute atomic E-state index is 0.104. The summed E-state index contributed by atoms with van der Waals surface area (Å²) in [6.07, 6.45) is 3.40. The van der Waals surface area contributed by atoms with E-state index in [-0.39, 0.29) is 17.6 Å². The molecule has 4 rings (SSSR count). The fourth-order valence-electron chi connectivity index (χ4n) is 4.21. The maximum Gasteiger partial charge on any atom is 0.251 e. The smallest absolute Gasteiger partial charge is 0.251 e. The Kier molecular flexibility index (Phi) is 4.79. The zero-order chi connectivity index (χ0) is 18.0. The van der Waals surface area contributed by atoms with Gasteiger partial charge in [0.2, 0.25) is 0 Å². The van der Waals surface area contributed by atoms with Crippen LogP contribution in [-0.4, -0.2) is 66.9 Å². The Morgan fingerprint density at radius 1 is 1.27 bits per heavy atom. The number of morpholine rings is 1. The molecule has 138 valence electrons. The summed E-state index contributed by atoms with van der Waals surface area (Å²) < 4.78 is 11.8. The molecule has 4 heterocycles. The third-order valence-corrected chi connectivity index (χ3v) is 5.48. The van der Waals surface area contributed by atoms with Crippen molar-refractivity contribution in [3.8, 4) is 6.07 Å². The number of hydrogen-bond acceptors (Lipinski definition) is 6. The first-order valence-corrected chi connectivity index (χ1v) is 9.36. The van der Waals surface area contributed by atoms with Gasteiger partial charge in [0.1, 0.15) is 29.3 Å². The minimum Gasteiger partial charge on any atom is -0.369 e. The van der Waals surface area contributed by atoms with Crippen molar-refractivity contribution in [1.82, 2.24) is 9.88 Å². The summed E-state index contributed by atoms with van der Waals surface area (Å²) in [6, 6.07) is 7.59. The van der Waals surface area contributed by atoms with Gasteiger partial charge in [0.05, 0.1) is 19.7 Å². The van der Waals surface area contributed by atoms with Crippen LogP contribution < -0.4 is 4.90 Å². The summed E-state index contributed by atoms with van der Waals surface area (Å²) in [5, 5.41) is 9.09. The Morgan fingerprint density at radius 3 is 3.00 bits per heavy atom. The molecule has 3 fully saturated rings. The first kappa shape index (κ1) is 17.3. The number of amides is 1. The summed E-state index contributed by atoms with van der Waals surface area (Å²) >= 11 is 0. The number of nitriles is 1. The standard InChI is InChI=1S/C19H24N4O3/c20-12-15-4-1-6-17(21-15)22-8-3-7-19(13-22)14-23(9-11-26-19)18(24)16-5-2-10-25-16/h1,4,6,16H,2-3,5,7-11,13-14H2/t16-,19?/m0/s1. The van der Waals surface area contributed by atoms with Crippen LogP contribution in [0.15, 0.2) is 18.2 Å². The van der Waals surface area contributed by atoms with Gasteiger partial charge in [-0.05, 0) is 37.8 Å². The summed E-state index contributed by atoms with van der Waals surface area (Å²) in [5.41, 5.74) is 0.0524. The molecular formula is C19H24N4O3. The van der Waals surface area contributed by atoms with Crippen molar-refractivity contribution in [2.24, 2.45) is 0 Å². The highest BCUT2D eigenvalue weighted by atomic mass is 16.5. The number of hydrogen-bond donors (Lipinski definition) is 0. The van der Waals surface area contributed by atoms with E-state index in [1.165, 1.54) is 0 Å². The number of aromatic nitrogens is 1. The molecule has 0 radical (unpaired) electrons. The lowest BCUT2D eigenvalue weighted by Crippen LogP contribution is -2.62. The lowest BCUT2D eigenvalue weighted by Gasteiger charge is -2.48. The molecule has 0 N–H and O–H groups in total. The van der Waals surface area contributed by atoms with Gasteiger partial charge in [-0.1, -0.05) is 6.07 Å². The van der Waals surface area contributed by atoms with E-state index < -0.39 is 0 Å². The van der Waals surface area contributed by atoms with Gasteiger partial charge in [0.15, 0.2) is 0 Å². The van der Waals surface area contributed by atoms with Crippen molar-refractivity contribution in [2.75, 3.05) is 44.3 Å². The van der Waals surface area contributed by atoms with Gasteiger partial charge in [-0.3, -0.25) is 4.79 Å². The van der Waals surface area contributed by atoms with Gasteiger partial charge in [-0.2, -0.15) is 5.26 Å². The molecule has 0 aliphatic carbocycles. The number of pyridine rings is 1. The molecule has 1 unspecified atom stereocenters. The van der Waals surface area contributed by atoms with Gasteiger partial charge in [0.25, 0.3) is 5.91 Å². The van der Waals surface area contributed by atoms with Crippen LogP contribution in [0.4, 0.5) is 5.82 Å². The number of carbonyl (C=O) groups is 1. The number of carbonyl (C=O) groups excluding carboxylic acids is 1. The second-order valence-electron chi connectivity index (χ2n) is 7.31. The zero-order valence-electron chi connectivity index (χ0n) is 14.9. The topological polar surface area (TPSA) is 78.7 Å². The van der Waals surface area contributed by atoms with Crippen molar-refractivity contribution in [3.05, 3.63) is 23.9 Å². The number of rotatable bonds is 2. The molecule has 3 aliphatic heterocycles. The molecule has 1 amide bonds. The highest BCUT2D eigenvalue weighted by molar-refractivity contribution is 5.81. The molecule has 0 bridgehead atoms. The first-order chi connectivity index (χ1) is 12.7. The summed E-state index contributed by atoms with van der Waals surface area (Å²) in [6.45, 7) is 4.03. The van der Waals surface area contributed by atoms with E-state index >= 15 is 0 Å². The molecule has 26 heavy (non-hydrogen) atoms. The summed E-state index contributed by atoms with van der Waals surface area (Å²) in [4.78, 5) is 21.3. The fourth-order valence-corrected chi connectivity index (χ4v) is 4.21. The van der Waals surface area contributed by atoms with Crippen molar-refractivity contribution >= 4 is 11.7 Å². The number of anilines is 1. The second kappa shape index (κ2) is 7.22. The van der Waals surface area contributed by atoms with Gasteiger partial charge in [0, 0.05) is 19.7 Å². The van der Waals surface area contributed by atoms with E-state index in [1.807, 2.05) is 17.0 Å². The van der Waals surface area contributed by atoms with Gasteiger partial charge in [-0.25, -0.2) is 4.98 Å². The van der Waals surface area contributed by atoms with Crippen LogP contribution in [-0.2, 0) is 14.3 Å². The lowest BCUT2D eigenvalue weighted by atomic mass is 9.90. The van der Waals surface area contributed by atoms with E-state index in [2.05, 4.69) is 16.0 Å². The molecule has 2 atom stereocenters. The molecule has 7 heteroatoms. The van der Waals surface area contributed by atoms with Crippen LogP contribution in [0.25, 0.3) is 0 Å². The van der Waals surface area contributed by atoms with Gasteiger partial charge in [-0.15, -0.1) is 0 Å². The Labute approximate surface area is 153 Å². The number of nitrogens with zero attached hydrogens (tertiary/aromatic N) is 4. The Hall–Kier alpha value is -2.17. The highest BCUT2D eigenvalue weighted by Gasteiger charge is 2.43. The molecular weight excluding hydrogens is 332 g/mol. The average Bonchev–Trinajstić information content (AvgIpc) is 3.22. The third kappa shape index (κ3) is 3.39. The SMILES string of the molecule is N#Cc1cccc(N2CCCC3(CN(C(=O)[C@@H]4CCCO4)CCO3)C2)n1. The fraction of sp³-hybridized carbons (Fsp3) is 0.632. The third-order valence-electron chi connectivity index (χ3n) is 5.48. The summed E-state index contributed by atoms with van der Waals surface area (Å²) in [7, 11) is 0. The van der Waals surface area contributed by atoms with Crippen LogP contribution in [0.2, 0.25) is 0 Å². The van der Waals surface area contributed by atoms with Crippen LogP contribution in [0.5, 0.6) is 0 Å². The van der Waals surface area contributed by atoms with Crippen molar-refractivity contribution in [2.45, 2.75) is 37.4 Å². The second-order valence-corrected chi connectivity index (χ2v) is 7.31. The Balaban J connectivity index is 1.48. The predicted octanol–water partition coefficient (Wildman–Crippen LogP) is 1.33. The predicted molar refractivity (Wildman–Crippen MR) is 94.6 cm³/mol. The van der Waals surface area contributed by atoms with Crippen LogP contribution >= 0.6 is 0 Å². The van der Waals surface area contributed by atoms with E-state index in [1.54, 1.807) is 6.07 Å². The Bertz CT molecular complexity index is 709. The Morgan fingerprint density at radius 2 is 2.19 bits per heavy atom. The van der Waals surface area contributed by atoms with Crippen molar-refractivity contribution in [1.29, 1.82) is 5.26 Å². The lowest BCUT2D eigenvalue weighted by molar-refractivity contribution is -0.160. The molecule has 0 aromatic carbocycles. The molecule has 3 saturated heterocycles. The molecule has 7 nitrogen and oxygen atoms in total. The van der Waals surface area contributed by atoms with E-state index in [9.17, 15) is 4.79 Å².